The summed E-state index contributed by atoms with van der Waals surface area (Å²) in [6, 6.07) is 0.960. The second-order valence-electron chi connectivity index (χ2n) is 5.43. The van der Waals surface area contributed by atoms with E-state index in [1.54, 1.807) is 0 Å². The van der Waals surface area contributed by atoms with Gasteiger partial charge in [-0.25, -0.2) is 0 Å². The highest BCUT2D eigenvalue weighted by molar-refractivity contribution is 4.89. The predicted molar refractivity (Wildman–Crippen MR) is 55.9 cm³/mol. The molecule has 0 bridgehead atoms. The van der Waals surface area contributed by atoms with Crippen LogP contribution < -0.4 is 0 Å². The van der Waals surface area contributed by atoms with Crippen molar-refractivity contribution in [2.45, 2.75) is 45.2 Å². The Morgan fingerprint density at radius 2 is 1.46 bits per heavy atom. The van der Waals surface area contributed by atoms with Gasteiger partial charge in [0.2, 0.25) is 0 Å². The average Bonchev–Trinajstić information content (AvgIpc) is 2.85. The molecule has 0 radical (unpaired) electrons. The second-order valence-corrected chi connectivity index (χ2v) is 5.43. The van der Waals surface area contributed by atoms with Gasteiger partial charge in [-0.05, 0) is 33.6 Å². The van der Waals surface area contributed by atoms with Gasteiger partial charge in [0.05, 0.1) is 0 Å². The fourth-order valence-electron chi connectivity index (χ4n) is 2.20. The lowest BCUT2D eigenvalue weighted by Crippen LogP contribution is -2.53. The molecule has 0 aromatic carbocycles. The number of hydrogen-bond donors (Lipinski definition) is 0. The predicted octanol–water partition coefficient (Wildman–Crippen LogP) is 1.56. The molecule has 0 N–H and O–H groups in total. The average molecular weight is 182 g/mol. The first-order valence-corrected chi connectivity index (χ1v) is 5.56. The first kappa shape index (κ1) is 9.47. The van der Waals surface area contributed by atoms with Crippen molar-refractivity contribution in [3.05, 3.63) is 0 Å². The molecule has 0 spiro atoms. The highest BCUT2D eigenvalue weighted by atomic mass is 15.3. The third-order valence-corrected chi connectivity index (χ3v) is 3.33. The Balaban J connectivity index is 1.81. The summed E-state index contributed by atoms with van der Waals surface area (Å²) in [6.07, 6.45) is 2.91. The normalized spacial score (nSPS) is 27.9. The molecule has 2 nitrogen and oxygen atoms in total. The summed E-state index contributed by atoms with van der Waals surface area (Å²) in [4.78, 5) is 5.27. The Labute approximate surface area is 81.9 Å². The van der Waals surface area contributed by atoms with Crippen LogP contribution in [0.4, 0.5) is 0 Å². The van der Waals surface area contributed by atoms with E-state index in [-0.39, 0.29) is 0 Å². The maximum atomic E-state index is 2.67. The lowest BCUT2D eigenvalue weighted by atomic mass is 10.1. The largest absolute Gasteiger partial charge is 0.298 e. The molecular formula is C11H22N2. The van der Waals surface area contributed by atoms with Crippen molar-refractivity contribution >= 4 is 0 Å². The summed E-state index contributed by atoms with van der Waals surface area (Å²) in [7, 11) is 0. The highest BCUT2D eigenvalue weighted by Crippen LogP contribution is 2.28. The number of nitrogens with zero attached hydrogens (tertiary/aromatic N) is 2. The van der Waals surface area contributed by atoms with Crippen LogP contribution in [-0.4, -0.2) is 47.6 Å². The maximum absolute atomic E-state index is 2.67. The van der Waals surface area contributed by atoms with Gasteiger partial charge >= 0.3 is 0 Å². The lowest BCUT2D eigenvalue weighted by Gasteiger charge is -2.42. The highest BCUT2D eigenvalue weighted by Gasteiger charge is 2.33. The zero-order chi connectivity index (χ0) is 9.47. The van der Waals surface area contributed by atoms with E-state index < -0.39 is 0 Å². The van der Waals surface area contributed by atoms with Crippen LogP contribution in [0.2, 0.25) is 0 Å². The molecule has 1 saturated carbocycles. The van der Waals surface area contributed by atoms with Crippen molar-refractivity contribution in [3.63, 3.8) is 0 Å². The van der Waals surface area contributed by atoms with Crippen LogP contribution in [0.5, 0.6) is 0 Å². The second kappa shape index (κ2) is 3.25. The number of piperazine rings is 1. The van der Waals surface area contributed by atoms with Gasteiger partial charge in [0.1, 0.15) is 0 Å². The molecule has 13 heavy (non-hydrogen) atoms. The third-order valence-electron chi connectivity index (χ3n) is 3.33. The van der Waals surface area contributed by atoms with Crippen LogP contribution in [-0.2, 0) is 0 Å². The molecule has 2 heteroatoms. The molecule has 0 amide bonds. The summed E-state index contributed by atoms with van der Waals surface area (Å²) in [5, 5.41) is 0. The van der Waals surface area contributed by atoms with Gasteiger partial charge in [-0.2, -0.15) is 0 Å². The van der Waals surface area contributed by atoms with Crippen LogP contribution >= 0.6 is 0 Å². The molecule has 0 aromatic heterocycles. The summed E-state index contributed by atoms with van der Waals surface area (Å²) in [5.41, 5.74) is 0.371. The first-order valence-electron chi connectivity index (χ1n) is 5.56. The summed E-state index contributed by atoms with van der Waals surface area (Å²) >= 11 is 0. The minimum atomic E-state index is 0.371. The summed E-state index contributed by atoms with van der Waals surface area (Å²) in [5.74, 6) is 0. The Bertz CT molecular complexity index is 171. The first-order chi connectivity index (χ1) is 6.07. The van der Waals surface area contributed by atoms with Crippen molar-refractivity contribution in [2.24, 2.45) is 0 Å². The third kappa shape index (κ3) is 2.23. The Morgan fingerprint density at radius 3 is 1.85 bits per heavy atom. The van der Waals surface area contributed by atoms with E-state index in [9.17, 15) is 0 Å². The molecule has 0 unspecified atom stereocenters. The molecule has 2 rings (SSSR count). The van der Waals surface area contributed by atoms with Gasteiger partial charge in [-0.15, -0.1) is 0 Å². The van der Waals surface area contributed by atoms with E-state index in [2.05, 4.69) is 30.6 Å². The topological polar surface area (TPSA) is 6.48 Å². The van der Waals surface area contributed by atoms with Crippen molar-refractivity contribution in [1.82, 2.24) is 9.80 Å². The quantitative estimate of drug-likeness (QED) is 0.607. The number of rotatable bonds is 1. The fourth-order valence-corrected chi connectivity index (χ4v) is 2.20. The van der Waals surface area contributed by atoms with Crippen LogP contribution in [0.15, 0.2) is 0 Å². The van der Waals surface area contributed by atoms with Gasteiger partial charge in [0.15, 0.2) is 0 Å². The fraction of sp³-hybridized carbons (Fsp3) is 1.00. The van der Waals surface area contributed by atoms with Crippen molar-refractivity contribution in [1.29, 1.82) is 0 Å². The van der Waals surface area contributed by atoms with Crippen LogP contribution in [0.25, 0.3) is 0 Å². The van der Waals surface area contributed by atoms with E-state index in [0.29, 0.717) is 5.54 Å². The van der Waals surface area contributed by atoms with Gasteiger partial charge in [0.25, 0.3) is 0 Å². The molecule has 1 saturated heterocycles. The molecule has 0 aromatic rings. The van der Waals surface area contributed by atoms with E-state index >= 15 is 0 Å². The van der Waals surface area contributed by atoms with Crippen molar-refractivity contribution < 1.29 is 0 Å². The SMILES string of the molecule is CC(C)(C)N1CCN(C2CC2)CC1. The Kier molecular flexibility index (Phi) is 2.37. The molecule has 2 aliphatic rings. The molecule has 2 fully saturated rings. The molecule has 1 aliphatic heterocycles. The van der Waals surface area contributed by atoms with Crippen LogP contribution in [0, 0.1) is 0 Å². The minimum Gasteiger partial charge on any atom is -0.298 e. The van der Waals surface area contributed by atoms with Gasteiger partial charge in [-0.3, -0.25) is 9.80 Å². The maximum Gasteiger partial charge on any atom is 0.0126 e. The van der Waals surface area contributed by atoms with Gasteiger partial charge < -0.3 is 0 Å². The zero-order valence-corrected chi connectivity index (χ0v) is 9.21. The summed E-state index contributed by atoms with van der Waals surface area (Å²) in [6.45, 7) is 12.1. The Morgan fingerprint density at radius 1 is 0.923 bits per heavy atom. The van der Waals surface area contributed by atoms with Gasteiger partial charge in [0, 0.05) is 37.8 Å². The van der Waals surface area contributed by atoms with Gasteiger partial charge in [-0.1, -0.05) is 0 Å². The van der Waals surface area contributed by atoms with E-state index in [1.807, 2.05) is 0 Å². The lowest BCUT2D eigenvalue weighted by molar-refractivity contribution is 0.0588. The minimum absolute atomic E-state index is 0.371. The van der Waals surface area contributed by atoms with E-state index in [0.717, 1.165) is 6.04 Å². The van der Waals surface area contributed by atoms with E-state index in [4.69, 9.17) is 0 Å². The molecule has 0 atom stereocenters. The van der Waals surface area contributed by atoms with Crippen LogP contribution in [0.1, 0.15) is 33.6 Å². The molecule has 1 aliphatic carbocycles. The summed E-state index contributed by atoms with van der Waals surface area (Å²) < 4.78 is 0. The van der Waals surface area contributed by atoms with E-state index in [1.165, 1.54) is 39.0 Å². The molecule has 1 heterocycles. The van der Waals surface area contributed by atoms with Crippen molar-refractivity contribution in [3.8, 4) is 0 Å². The molecule has 76 valence electrons. The molecular weight excluding hydrogens is 160 g/mol. The smallest absolute Gasteiger partial charge is 0.0126 e. The zero-order valence-electron chi connectivity index (χ0n) is 9.21. The standard InChI is InChI=1S/C11H22N2/c1-11(2,3)13-8-6-12(7-9-13)10-4-5-10/h10H,4-9H2,1-3H3. The number of hydrogen-bond acceptors (Lipinski definition) is 2. The van der Waals surface area contributed by atoms with Crippen molar-refractivity contribution in [2.75, 3.05) is 26.2 Å². The Hall–Kier alpha value is -0.0800. The van der Waals surface area contributed by atoms with Crippen LogP contribution in [0.3, 0.4) is 0 Å². The monoisotopic (exact) mass is 182 g/mol.